The van der Waals surface area contributed by atoms with Gasteiger partial charge in [0.05, 0.1) is 0 Å². The molecule has 0 aliphatic heterocycles. The van der Waals surface area contributed by atoms with Crippen LogP contribution in [-0.2, 0) is 47.2 Å². The van der Waals surface area contributed by atoms with Crippen LogP contribution >= 0.6 is 0 Å². The number of aliphatic hydroxyl groups is 2. The molecule has 0 saturated carbocycles. The van der Waals surface area contributed by atoms with Crippen LogP contribution < -0.4 is 0 Å². The number of methoxy groups -OCH3 is 8. The summed E-state index contributed by atoms with van der Waals surface area (Å²) in [7, 11) is 21.7. The SMILES string of the molecule is COC(C)O.COC(C)O.COC(C)OC.COC(C)OC.[B]OC(C)OC.[B]OC(C)OC. The Morgan fingerprint density at radius 3 is 0.529 bits per heavy atom. The summed E-state index contributed by atoms with van der Waals surface area (Å²) >= 11 is 0. The lowest BCUT2D eigenvalue weighted by Crippen LogP contribution is -2.06. The van der Waals surface area contributed by atoms with Gasteiger partial charge in [-0.1, -0.05) is 0 Å². The van der Waals surface area contributed by atoms with E-state index in [9.17, 15) is 0 Å². The number of hydrogen-bond donors (Lipinski definition) is 2. The molecule has 0 spiro atoms. The smallest absolute Gasteiger partial charge is 0.286 e. The zero-order chi connectivity index (χ0) is 28.5. The highest BCUT2D eigenvalue weighted by molar-refractivity contribution is 5.98. The number of hydrogen-bond acceptors (Lipinski definition) is 12. The molecule has 0 heterocycles. The molecule has 0 bridgehead atoms. The van der Waals surface area contributed by atoms with Crippen LogP contribution in [0.15, 0.2) is 0 Å². The molecule has 4 atom stereocenters. The molecule has 0 aromatic carbocycles. The van der Waals surface area contributed by atoms with Gasteiger partial charge in [-0.05, 0) is 41.5 Å². The zero-order valence-corrected chi connectivity index (χ0v) is 23.6. The molecule has 0 aromatic rings. The summed E-state index contributed by atoms with van der Waals surface area (Å²) in [6, 6.07) is 0. The molecule has 0 aromatic heterocycles. The van der Waals surface area contributed by atoms with E-state index in [1.54, 1.807) is 56.1 Å². The maximum absolute atomic E-state index is 8.14. The summed E-state index contributed by atoms with van der Waals surface area (Å²) < 4.78 is 44.8. The fraction of sp³-hybridized carbons (Fsp3) is 1.00. The average molecular weight is 504 g/mol. The predicted molar refractivity (Wildman–Crippen MR) is 131 cm³/mol. The number of ether oxygens (including phenoxy) is 8. The molecular weight excluding hydrogens is 454 g/mol. The highest BCUT2D eigenvalue weighted by Gasteiger charge is 1.89. The maximum atomic E-state index is 8.14. The van der Waals surface area contributed by atoms with E-state index in [0.29, 0.717) is 0 Å². The molecule has 2 N–H and O–H groups in total. The second kappa shape index (κ2) is 42.8. The lowest BCUT2D eigenvalue weighted by atomic mass is 10.5. The van der Waals surface area contributed by atoms with Crippen molar-refractivity contribution in [3.8, 4) is 0 Å². The molecule has 12 nitrogen and oxygen atoms in total. The van der Waals surface area contributed by atoms with E-state index >= 15 is 0 Å². The Morgan fingerprint density at radius 1 is 0.382 bits per heavy atom. The van der Waals surface area contributed by atoms with Crippen molar-refractivity contribution >= 4 is 16.1 Å². The van der Waals surface area contributed by atoms with Gasteiger partial charge in [0.1, 0.15) is 12.6 Å². The number of rotatable bonds is 10. The van der Waals surface area contributed by atoms with E-state index in [1.165, 1.54) is 28.4 Å². The van der Waals surface area contributed by atoms with E-state index in [0.717, 1.165) is 0 Å². The zero-order valence-electron chi connectivity index (χ0n) is 23.6. The molecule has 4 radical (unpaired) electrons. The first-order valence-corrected chi connectivity index (χ1v) is 10.1. The molecule has 0 amide bonds. The summed E-state index contributed by atoms with van der Waals surface area (Å²) in [5.41, 5.74) is 0. The largest absolute Gasteiger partial charge is 0.425 e. The predicted octanol–water partition coefficient (Wildman–Crippen LogP) is 1.35. The van der Waals surface area contributed by atoms with Crippen LogP contribution in [0.1, 0.15) is 41.5 Å². The summed E-state index contributed by atoms with van der Waals surface area (Å²) in [5.74, 6) is 0. The van der Waals surface area contributed by atoms with E-state index in [1.807, 2.05) is 13.8 Å². The van der Waals surface area contributed by atoms with Gasteiger partial charge in [-0.3, -0.25) is 0 Å². The highest BCUT2D eigenvalue weighted by atomic mass is 16.7. The van der Waals surface area contributed by atoms with Crippen LogP contribution in [0, 0.1) is 0 Å². The third-order valence-corrected chi connectivity index (χ3v) is 3.06. The van der Waals surface area contributed by atoms with Gasteiger partial charge in [-0.15, -0.1) is 0 Å². The minimum atomic E-state index is -0.616. The maximum Gasteiger partial charge on any atom is 0.286 e. The lowest BCUT2D eigenvalue weighted by molar-refractivity contribution is -0.0879. The third kappa shape index (κ3) is 77.0. The van der Waals surface area contributed by atoms with Crippen molar-refractivity contribution in [3.63, 3.8) is 0 Å². The molecule has 208 valence electrons. The molecule has 0 rings (SSSR count). The van der Waals surface area contributed by atoms with Crippen molar-refractivity contribution in [2.75, 3.05) is 56.9 Å². The fourth-order valence-corrected chi connectivity index (χ4v) is 0.304. The van der Waals surface area contributed by atoms with Gasteiger partial charge in [0.25, 0.3) is 16.1 Å². The fourth-order valence-electron chi connectivity index (χ4n) is 0.304. The van der Waals surface area contributed by atoms with Crippen molar-refractivity contribution in [1.29, 1.82) is 0 Å². The average Bonchev–Trinajstić information content (AvgIpc) is 2.87. The quantitative estimate of drug-likeness (QED) is 0.329. The van der Waals surface area contributed by atoms with Crippen molar-refractivity contribution in [1.82, 2.24) is 0 Å². The van der Waals surface area contributed by atoms with Crippen LogP contribution in [0.5, 0.6) is 0 Å². The highest BCUT2D eigenvalue weighted by Crippen LogP contribution is 1.84. The molecule has 0 aliphatic rings. The second-order valence-corrected chi connectivity index (χ2v) is 5.63. The molecule has 0 aliphatic carbocycles. The van der Waals surface area contributed by atoms with Crippen LogP contribution in [0.3, 0.4) is 0 Å². The molecular formula is C20H50B2O12. The summed E-state index contributed by atoms with van der Waals surface area (Å²) in [5, 5.41) is 16.3. The van der Waals surface area contributed by atoms with Crippen LogP contribution in [-0.4, -0.2) is 121 Å². The molecule has 0 fully saturated rings. The summed E-state index contributed by atoms with van der Waals surface area (Å²) in [6.45, 7) is 10.2. The Bertz CT molecular complexity index is 243. The normalized spacial score (nSPS) is 13.0. The Balaban J connectivity index is -0.0000000693. The molecule has 4 unspecified atom stereocenters. The second-order valence-electron chi connectivity index (χ2n) is 5.63. The Kier molecular flexibility index (Phi) is 59.0. The molecule has 14 heteroatoms. The van der Waals surface area contributed by atoms with Crippen LogP contribution in [0.25, 0.3) is 0 Å². The topological polar surface area (TPSA) is 133 Å². The van der Waals surface area contributed by atoms with Gasteiger partial charge in [0.15, 0.2) is 25.2 Å². The van der Waals surface area contributed by atoms with Crippen LogP contribution in [0.4, 0.5) is 0 Å². The van der Waals surface area contributed by atoms with E-state index < -0.39 is 12.6 Å². The van der Waals surface area contributed by atoms with Gasteiger partial charge in [0, 0.05) is 56.9 Å². The lowest BCUT2D eigenvalue weighted by Gasteiger charge is -2.04. The Hall–Kier alpha value is -0.350. The molecule has 34 heavy (non-hydrogen) atoms. The van der Waals surface area contributed by atoms with Crippen molar-refractivity contribution in [3.05, 3.63) is 0 Å². The first-order chi connectivity index (χ1) is 15.8. The van der Waals surface area contributed by atoms with Crippen molar-refractivity contribution in [2.24, 2.45) is 0 Å². The Labute approximate surface area is 210 Å². The first-order valence-electron chi connectivity index (χ1n) is 10.1. The van der Waals surface area contributed by atoms with E-state index in [2.05, 4.69) is 63.3 Å². The molecule has 0 saturated heterocycles. The van der Waals surface area contributed by atoms with Gasteiger partial charge in [-0.25, -0.2) is 0 Å². The van der Waals surface area contributed by atoms with Gasteiger partial charge in [-0.2, -0.15) is 0 Å². The van der Waals surface area contributed by atoms with Gasteiger partial charge >= 0.3 is 0 Å². The standard InChI is InChI=1S/2C4H10O2.2C3H7BO2.2C3H8O2/c2*1-4(5-2)6-3;2*1-3(5-2)6-4;2*1-3(4)5-2/h2*4H,1-3H3;2*3H,1-2H3;2*3-4H,1-2H3. The third-order valence-electron chi connectivity index (χ3n) is 3.06. The van der Waals surface area contributed by atoms with E-state index in [4.69, 9.17) is 10.2 Å². The van der Waals surface area contributed by atoms with Crippen molar-refractivity contribution < 1.29 is 57.4 Å². The number of aliphatic hydroxyl groups excluding tert-OH is 2. The monoisotopic (exact) mass is 504 g/mol. The first kappa shape index (κ1) is 46.9. The summed E-state index contributed by atoms with van der Waals surface area (Å²) in [4.78, 5) is 0. The summed E-state index contributed by atoms with van der Waals surface area (Å²) in [6.07, 6.45) is -1.94. The minimum Gasteiger partial charge on any atom is -0.425 e. The van der Waals surface area contributed by atoms with Gasteiger partial charge in [0.2, 0.25) is 0 Å². The van der Waals surface area contributed by atoms with Crippen molar-refractivity contribution in [2.45, 2.75) is 79.3 Å². The van der Waals surface area contributed by atoms with Gasteiger partial charge < -0.3 is 57.4 Å². The minimum absolute atomic E-state index is 0.0648. The van der Waals surface area contributed by atoms with Crippen LogP contribution in [0.2, 0.25) is 0 Å². The Morgan fingerprint density at radius 2 is 0.529 bits per heavy atom. The van der Waals surface area contributed by atoms with E-state index in [-0.39, 0.29) is 25.2 Å².